The molecular weight excluding hydrogens is 737 g/mol. The van der Waals surface area contributed by atoms with Crippen molar-refractivity contribution >= 4 is 25.5 Å². The van der Waals surface area contributed by atoms with Crippen molar-refractivity contribution in [1.29, 1.82) is 0 Å². The molecule has 0 saturated heterocycles. The third-order valence-corrected chi connectivity index (χ3v) is 10.4. The van der Waals surface area contributed by atoms with Gasteiger partial charge in [-0.1, -0.05) is 76.4 Å². The van der Waals surface area contributed by atoms with Crippen LogP contribution in [0.15, 0.2) is 72.8 Å². The van der Waals surface area contributed by atoms with Gasteiger partial charge in [-0.05, 0) is 72.4 Å². The van der Waals surface area contributed by atoms with Crippen LogP contribution in [0.4, 0.5) is 0 Å². The highest BCUT2D eigenvalue weighted by Gasteiger charge is 2.33. The Balaban J connectivity index is 2.01. The number of benzene rings is 3. The Morgan fingerprint density at radius 3 is 1.05 bits per heavy atom. The van der Waals surface area contributed by atoms with Crippen molar-refractivity contribution in [2.45, 2.75) is 96.7 Å². The SMILES string of the molecule is CCCCC(=O)NC(COP(=O)(OCC(NC(=O)CCCC)c1cccc(OC)c1)OCC(NC(=O)CCCC)c1cccc(OC)c1)c1cccc(OC)c1. The number of amides is 3. The van der Waals surface area contributed by atoms with Gasteiger partial charge in [0.1, 0.15) is 17.2 Å². The molecule has 0 aliphatic heterocycles. The van der Waals surface area contributed by atoms with Crippen LogP contribution in [0.25, 0.3) is 0 Å². The number of carbonyl (C=O) groups is 3. The molecule has 3 aromatic carbocycles. The highest BCUT2D eigenvalue weighted by Crippen LogP contribution is 2.51. The van der Waals surface area contributed by atoms with Crippen LogP contribution in [0.2, 0.25) is 0 Å². The highest BCUT2D eigenvalue weighted by molar-refractivity contribution is 7.48. The number of phosphoric acid groups is 1. The van der Waals surface area contributed by atoms with Crippen LogP contribution >= 0.6 is 7.82 Å². The van der Waals surface area contributed by atoms with Gasteiger partial charge in [0.15, 0.2) is 0 Å². The van der Waals surface area contributed by atoms with Gasteiger partial charge in [0.25, 0.3) is 0 Å². The van der Waals surface area contributed by atoms with Crippen LogP contribution in [0.1, 0.15) is 113 Å². The molecule has 13 nitrogen and oxygen atoms in total. The van der Waals surface area contributed by atoms with Crippen molar-refractivity contribution in [2.75, 3.05) is 41.2 Å². The van der Waals surface area contributed by atoms with Gasteiger partial charge >= 0.3 is 7.82 Å². The van der Waals surface area contributed by atoms with Crippen LogP contribution in [0.3, 0.4) is 0 Å². The maximum Gasteiger partial charge on any atom is 0.475 e. The summed E-state index contributed by atoms with van der Waals surface area (Å²) in [5.74, 6) is 1.06. The van der Waals surface area contributed by atoms with E-state index in [9.17, 15) is 18.9 Å². The first-order chi connectivity index (χ1) is 27.1. The normalized spacial score (nSPS) is 13.8. The smallest absolute Gasteiger partial charge is 0.475 e. The predicted molar refractivity (Wildman–Crippen MR) is 216 cm³/mol. The first kappa shape index (κ1) is 46.0. The minimum atomic E-state index is -4.54. The zero-order valence-electron chi connectivity index (χ0n) is 33.7. The Bertz CT molecular complexity index is 1510. The lowest BCUT2D eigenvalue weighted by molar-refractivity contribution is -0.122. The largest absolute Gasteiger partial charge is 0.497 e. The molecule has 3 atom stereocenters. The fraction of sp³-hybridized carbons (Fsp3) is 0.500. The molecule has 0 fully saturated rings. The van der Waals surface area contributed by atoms with Gasteiger partial charge in [0.05, 0.1) is 59.3 Å². The lowest BCUT2D eigenvalue weighted by atomic mass is 10.1. The molecule has 3 rings (SSSR count). The summed E-state index contributed by atoms with van der Waals surface area (Å²) in [6.45, 7) is 5.08. The maximum atomic E-state index is 14.9. The number of rotatable bonds is 27. The summed E-state index contributed by atoms with van der Waals surface area (Å²) in [6.07, 6.45) is 5.44. The van der Waals surface area contributed by atoms with Crippen LogP contribution in [0.5, 0.6) is 17.2 Å². The third kappa shape index (κ3) is 16.0. The Morgan fingerprint density at radius 2 is 0.804 bits per heavy atom. The second-order valence-electron chi connectivity index (χ2n) is 13.3. The monoisotopic (exact) mass is 797 g/mol. The Morgan fingerprint density at radius 1 is 0.518 bits per heavy atom. The molecule has 3 amide bonds. The summed E-state index contributed by atoms with van der Waals surface area (Å²) in [5.41, 5.74) is 1.95. The van der Waals surface area contributed by atoms with Gasteiger partial charge in [0, 0.05) is 19.3 Å². The van der Waals surface area contributed by atoms with E-state index in [0.29, 0.717) is 72.5 Å². The summed E-state index contributed by atoms with van der Waals surface area (Å²) in [4.78, 5) is 39.1. The van der Waals surface area contributed by atoms with E-state index in [1.807, 2.05) is 20.8 Å². The van der Waals surface area contributed by atoms with Crippen LogP contribution in [-0.4, -0.2) is 58.9 Å². The number of carbonyl (C=O) groups excluding carboxylic acids is 3. The first-order valence-corrected chi connectivity index (χ1v) is 20.9. The average molecular weight is 798 g/mol. The van der Waals surface area contributed by atoms with Gasteiger partial charge in [-0.15, -0.1) is 0 Å². The average Bonchev–Trinajstić information content (AvgIpc) is 3.22. The predicted octanol–water partition coefficient (Wildman–Crippen LogP) is 8.31. The number of nitrogens with one attached hydrogen (secondary N) is 3. The number of methoxy groups -OCH3 is 3. The molecule has 308 valence electrons. The molecule has 0 aromatic heterocycles. The number of unbranched alkanes of at least 4 members (excludes halogenated alkanes) is 3. The Labute approximate surface area is 332 Å². The number of ether oxygens (including phenoxy) is 3. The summed E-state index contributed by atoms with van der Waals surface area (Å²) in [6, 6.07) is 19.1. The lowest BCUT2D eigenvalue weighted by Gasteiger charge is -2.27. The molecule has 0 aliphatic carbocycles. The molecule has 0 aliphatic rings. The fourth-order valence-corrected chi connectivity index (χ4v) is 6.88. The zero-order chi connectivity index (χ0) is 40.8. The van der Waals surface area contributed by atoms with Crippen LogP contribution in [0, 0.1) is 0 Å². The molecule has 0 radical (unpaired) electrons. The van der Waals surface area contributed by atoms with Crippen molar-refractivity contribution in [3.05, 3.63) is 89.5 Å². The van der Waals surface area contributed by atoms with E-state index in [2.05, 4.69) is 16.0 Å². The van der Waals surface area contributed by atoms with E-state index in [0.717, 1.165) is 19.3 Å². The molecular formula is C42H60N3O10P. The molecule has 3 aromatic rings. The van der Waals surface area contributed by atoms with Crippen molar-refractivity contribution < 1.29 is 46.7 Å². The number of phosphoric ester groups is 1. The third-order valence-electron chi connectivity index (χ3n) is 8.96. The second kappa shape index (κ2) is 25.0. The van der Waals surface area contributed by atoms with Gasteiger partial charge in [-0.2, -0.15) is 0 Å². The molecule has 0 spiro atoms. The van der Waals surface area contributed by atoms with Crippen molar-refractivity contribution in [2.24, 2.45) is 0 Å². The van der Waals surface area contributed by atoms with Crippen molar-refractivity contribution in [3.8, 4) is 17.2 Å². The number of hydrogen-bond acceptors (Lipinski definition) is 10. The molecule has 14 heteroatoms. The van der Waals surface area contributed by atoms with E-state index in [1.54, 1.807) is 94.1 Å². The molecule has 3 unspecified atom stereocenters. The molecule has 0 bridgehead atoms. The van der Waals surface area contributed by atoms with E-state index < -0.39 is 25.9 Å². The first-order valence-electron chi connectivity index (χ1n) is 19.4. The highest BCUT2D eigenvalue weighted by atomic mass is 31.2. The summed E-state index contributed by atoms with van der Waals surface area (Å²) in [7, 11) is 0.0846. The van der Waals surface area contributed by atoms with E-state index >= 15 is 0 Å². The zero-order valence-corrected chi connectivity index (χ0v) is 34.6. The molecule has 0 saturated carbocycles. The van der Waals surface area contributed by atoms with Crippen LogP contribution in [-0.2, 0) is 32.5 Å². The second-order valence-corrected chi connectivity index (χ2v) is 15.0. The standard InChI is InChI=1S/C42H60N3O10P/c1-7-10-22-40(46)43-37(31-16-13-19-34(25-31)50-4)28-53-56(49,54-29-38(44-41(47)23-11-8-2)32-17-14-20-35(26-32)51-5)55-30-39(45-42(48)24-12-9-3)33-18-15-21-36(27-33)52-6/h13-21,25-27,37-39H,7-12,22-24,28-30H2,1-6H3,(H,43,46)(H,44,47)(H,45,48). The van der Waals surface area contributed by atoms with E-state index in [-0.39, 0.29) is 37.5 Å². The quantitative estimate of drug-likeness (QED) is 0.0641. The molecule has 3 N–H and O–H groups in total. The van der Waals surface area contributed by atoms with Gasteiger partial charge in [-0.3, -0.25) is 28.0 Å². The van der Waals surface area contributed by atoms with Crippen molar-refractivity contribution in [1.82, 2.24) is 16.0 Å². The Kier molecular flexibility index (Phi) is 20.5. The van der Waals surface area contributed by atoms with Crippen LogP contribution < -0.4 is 30.2 Å². The Hall–Kier alpha value is -4.42. The van der Waals surface area contributed by atoms with Gasteiger partial charge < -0.3 is 30.2 Å². The maximum absolute atomic E-state index is 14.9. The summed E-state index contributed by atoms with van der Waals surface area (Å²) >= 11 is 0. The lowest BCUT2D eigenvalue weighted by Crippen LogP contribution is -2.33. The minimum Gasteiger partial charge on any atom is -0.497 e. The summed E-state index contributed by atoms with van der Waals surface area (Å²) in [5, 5.41) is 8.99. The minimum absolute atomic E-state index is 0.208. The fourth-order valence-electron chi connectivity index (χ4n) is 5.66. The van der Waals surface area contributed by atoms with E-state index in [4.69, 9.17) is 27.8 Å². The molecule has 56 heavy (non-hydrogen) atoms. The summed E-state index contributed by atoms with van der Waals surface area (Å²) < 4.78 is 49.5. The van der Waals surface area contributed by atoms with Gasteiger partial charge in [0.2, 0.25) is 17.7 Å². The number of hydrogen-bond donors (Lipinski definition) is 3. The topological polar surface area (TPSA) is 160 Å². The van der Waals surface area contributed by atoms with Gasteiger partial charge in [-0.25, -0.2) is 4.57 Å². The molecule has 0 heterocycles. The van der Waals surface area contributed by atoms with Crippen molar-refractivity contribution in [3.63, 3.8) is 0 Å². The van der Waals surface area contributed by atoms with E-state index in [1.165, 1.54) is 0 Å².